The van der Waals surface area contributed by atoms with E-state index in [9.17, 15) is 4.79 Å². The monoisotopic (exact) mass is 308 g/mol. The summed E-state index contributed by atoms with van der Waals surface area (Å²) in [6.45, 7) is 7.63. The van der Waals surface area contributed by atoms with Crippen molar-refractivity contribution in [2.24, 2.45) is 0 Å². The average molecular weight is 308 g/mol. The first kappa shape index (κ1) is 15.3. The van der Waals surface area contributed by atoms with Crippen LogP contribution in [0.3, 0.4) is 0 Å². The minimum Gasteiger partial charge on any atom is -0.443 e. The smallest absolute Gasteiger partial charge is 0.419 e. The van der Waals surface area contributed by atoms with E-state index in [1.807, 2.05) is 58.0 Å². The lowest BCUT2D eigenvalue weighted by atomic mass is 10.1. The molecule has 118 valence electrons. The molecule has 0 aliphatic heterocycles. The Morgan fingerprint density at radius 2 is 1.96 bits per heavy atom. The van der Waals surface area contributed by atoms with E-state index in [-0.39, 0.29) is 6.09 Å². The lowest BCUT2D eigenvalue weighted by Gasteiger charge is -2.21. The predicted octanol–water partition coefficient (Wildman–Crippen LogP) is 4.79. The Balaban J connectivity index is 2.22. The normalized spacial score (nSPS) is 11.7. The topological polar surface area (TPSA) is 44.1 Å². The summed E-state index contributed by atoms with van der Waals surface area (Å²) in [7, 11) is 0. The third-order valence-corrected chi connectivity index (χ3v) is 3.49. The fraction of sp³-hybridized carbons (Fsp3) is 0.263. The van der Waals surface area contributed by atoms with Gasteiger partial charge in [-0.05, 0) is 58.0 Å². The van der Waals surface area contributed by atoms with E-state index in [0.29, 0.717) is 0 Å². The molecule has 0 amide bonds. The first-order valence-corrected chi connectivity index (χ1v) is 7.61. The maximum absolute atomic E-state index is 12.7. The summed E-state index contributed by atoms with van der Waals surface area (Å²) < 4.78 is 7.21. The lowest BCUT2D eigenvalue weighted by Crippen LogP contribution is -2.27. The van der Waals surface area contributed by atoms with E-state index < -0.39 is 5.60 Å². The van der Waals surface area contributed by atoms with Crippen LogP contribution >= 0.6 is 0 Å². The van der Waals surface area contributed by atoms with Gasteiger partial charge in [-0.25, -0.2) is 9.36 Å². The zero-order valence-electron chi connectivity index (χ0n) is 13.8. The van der Waals surface area contributed by atoms with E-state index in [0.717, 1.165) is 27.7 Å². The second kappa shape index (κ2) is 5.54. The van der Waals surface area contributed by atoms with Gasteiger partial charge in [0.2, 0.25) is 0 Å². The van der Waals surface area contributed by atoms with E-state index in [1.165, 1.54) is 0 Å². The highest BCUT2D eigenvalue weighted by molar-refractivity contribution is 5.96. The Hall–Kier alpha value is -2.62. The van der Waals surface area contributed by atoms with Crippen LogP contribution in [0.5, 0.6) is 0 Å². The number of carbonyl (C=O) groups excluding carboxylic acids is 1. The van der Waals surface area contributed by atoms with Crippen molar-refractivity contribution in [3.63, 3.8) is 0 Å². The number of fused-ring (bicyclic) bond motifs is 1. The summed E-state index contributed by atoms with van der Waals surface area (Å²) >= 11 is 0. The van der Waals surface area contributed by atoms with Crippen LogP contribution in [-0.2, 0) is 4.74 Å². The number of aromatic nitrogens is 2. The number of nitrogens with zero attached hydrogens (tertiary/aromatic N) is 2. The van der Waals surface area contributed by atoms with E-state index in [2.05, 4.69) is 11.1 Å². The molecule has 0 radical (unpaired) electrons. The average Bonchev–Trinajstić information content (AvgIpc) is 2.85. The van der Waals surface area contributed by atoms with Crippen LogP contribution in [0.2, 0.25) is 0 Å². The number of carbonyl (C=O) groups is 1. The van der Waals surface area contributed by atoms with Crippen molar-refractivity contribution >= 4 is 17.0 Å². The summed E-state index contributed by atoms with van der Waals surface area (Å²) in [5, 5.41) is 1.01. The number of pyridine rings is 1. The number of benzene rings is 1. The van der Waals surface area contributed by atoms with Crippen molar-refractivity contribution < 1.29 is 9.53 Å². The Labute approximate surface area is 135 Å². The third-order valence-electron chi connectivity index (χ3n) is 3.49. The fourth-order valence-corrected chi connectivity index (χ4v) is 2.57. The molecule has 4 nitrogen and oxygen atoms in total. The zero-order chi connectivity index (χ0) is 16.6. The molecule has 4 heteroatoms. The summed E-state index contributed by atoms with van der Waals surface area (Å²) in [6, 6.07) is 11.8. The summed E-state index contributed by atoms with van der Waals surface area (Å²) in [6.07, 6.45) is 3.09. The molecule has 23 heavy (non-hydrogen) atoms. The van der Waals surface area contributed by atoms with Crippen LogP contribution in [0.25, 0.3) is 22.2 Å². The maximum atomic E-state index is 12.7. The number of hydrogen-bond donors (Lipinski definition) is 0. The molecule has 3 rings (SSSR count). The van der Waals surface area contributed by atoms with Crippen LogP contribution in [-0.4, -0.2) is 21.2 Å². The van der Waals surface area contributed by atoms with Crippen LogP contribution in [0.4, 0.5) is 4.79 Å². The van der Waals surface area contributed by atoms with Gasteiger partial charge < -0.3 is 4.74 Å². The molecule has 0 spiro atoms. The number of hydrogen-bond acceptors (Lipinski definition) is 3. The molecule has 0 bridgehead atoms. The van der Waals surface area contributed by atoms with Gasteiger partial charge in [-0.15, -0.1) is 0 Å². The molecule has 0 aliphatic carbocycles. The summed E-state index contributed by atoms with van der Waals surface area (Å²) in [5.41, 5.74) is 3.10. The van der Waals surface area contributed by atoms with Gasteiger partial charge in [0.15, 0.2) is 0 Å². The van der Waals surface area contributed by atoms with Gasteiger partial charge in [0.25, 0.3) is 0 Å². The molecular weight excluding hydrogens is 288 g/mol. The zero-order valence-corrected chi connectivity index (χ0v) is 13.8. The molecule has 1 aromatic carbocycles. The highest BCUT2D eigenvalue weighted by atomic mass is 16.6. The largest absolute Gasteiger partial charge is 0.443 e. The third kappa shape index (κ3) is 3.11. The van der Waals surface area contributed by atoms with Crippen LogP contribution in [0.15, 0.2) is 48.8 Å². The number of rotatable bonds is 1. The second-order valence-electron chi connectivity index (χ2n) is 6.65. The minimum atomic E-state index is -0.551. The molecule has 0 atom stereocenters. The van der Waals surface area contributed by atoms with Gasteiger partial charge in [-0.3, -0.25) is 4.98 Å². The van der Waals surface area contributed by atoms with Crippen molar-refractivity contribution in [3.8, 4) is 11.3 Å². The van der Waals surface area contributed by atoms with Crippen molar-refractivity contribution in [2.75, 3.05) is 0 Å². The van der Waals surface area contributed by atoms with E-state index in [1.54, 1.807) is 17.0 Å². The quantitative estimate of drug-likeness (QED) is 0.649. The van der Waals surface area contributed by atoms with Crippen molar-refractivity contribution in [3.05, 3.63) is 54.4 Å². The Morgan fingerprint density at radius 1 is 1.17 bits per heavy atom. The van der Waals surface area contributed by atoms with Crippen molar-refractivity contribution in [1.82, 2.24) is 9.55 Å². The Bertz CT molecular complexity index is 858. The van der Waals surface area contributed by atoms with E-state index >= 15 is 0 Å². The molecule has 0 saturated carbocycles. The van der Waals surface area contributed by atoms with Crippen molar-refractivity contribution in [2.45, 2.75) is 33.3 Å². The molecule has 2 heterocycles. The Kier molecular flexibility index (Phi) is 3.68. The molecule has 0 fully saturated rings. The molecule has 2 aromatic heterocycles. The van der Waals surface area contributed by atoms with Crippen molar-refractivity contribution in [1.29, 1.82) is 0 Å². The van der Waals surface area contributed by atoms with Crippen LogP contribution in [0.1, 0.15) is 26.3 Å². The van der Waals surface area contributed by atoms with Gasteiger partial charge >= 0.3 is 6.09 Å². The SMILES string of the molecule is Cc1ccc2c(c1)cc(-c1cccnc1)n2C(=O)OC(C)(C)C. The first-order chi connectivity index (χ1) is 10.8. The summed E-state index contributed by atoms with van der Waals surface area (Å²) in [4.78, 5) is 16.9. The van der Waals surface area contributed by atoms with Gasteiger partial charge in [0.05, 0.1) is 11.2 Å². The molecule has 0 N–H and O–H groups in total. The second-order valence-corrected chi connectivity index (χ2v) is 6.65. The Morgan fingerprint density at radius 3 is 2.61 bits per heavy atom. The minimum absolute atomic E-state index is 0.379. The fourth-order valence-electron chi connectivity index (χ4n) is 2.57. The number of ether oxygens (including phenoxy) is 1. The predicted molar refractivity (Wildman–Crippen MR) is 91.5 cm³/mol. The molecule has 0 unspecified atom stereocenters. The lowest BCUT2D eigenvalue weighted by molar-refractivity contribution is 0.0547. The first-order valence-electron chi connectivity index (χ1n) is 7.61. The molecular formula is C19H20N2O2. The van der Waals surface area contributed by atoms with Crippen LogP contribution < -0.4 is 0 Å². The van der Waals surface area contributed by atoms with Gasteiger partial charge in [0.1, 0.15) is 5.60 Å². The number of aryl methyl sites for hydroxylation is 1. The highest BCUT2D eigenvalue weighted by Gasteiger charge is 2.22. The van der Waals surface area contributed by atoms with Gasteiger partial charge in [-0.1, -0.05) is 11.6 Å². The molecule has 0 saturated heterocycles. The standard InChI is InChI=1S/C19H20N2O2/c1-13-7-8-16-15(10-13)11-17(14-6-5-9-20-12-14)21(16)18(22)23-19(2,3)4/h5-12H,1-4H3. The highest BCUT2D eigenvalue weighted by Crippen LogP contribution is 2.29. The van der Waals surface area contributed by atoms with Gasteiger partial charge in [0, 0.05) is 23.3 Å². The van der Waals surface area contributed by atoms with Crippen LogP contribution in [0, 0.1) is 6.92 Å². The summed E-state index contributed by atoms with van der Waals surface area (Å²) in [5.74, 6) is 0. The molecule has 0 aliphatic rings. The maximum Gasteiger partial charge on any atom is 0.419 e. The van der Waals surface area contributed by atoms with E-state index in [4.69, 9.17) is 4.74 Å². The van der Waals surface area contributed by atoms with Gasteiger partial charge in [-0.2, -0.15) is 0 Å². The molecule has 3 aromatic rings.